The normalized spacial score (nSPS) is 24.9. The van der Waals surface area contributed by atoms with E-state index in [-0.39, 0.29) is 24.2 Å². The van der Waals surface area contributed by atoms with E-state index in [1.165, 1.54) is 32.1 Å². The summed E-state index contributed by atoms with van der Waals surface area (Å²) < 4.78 is 0. The van der Waals surface area contributed by atoms with Crippen molar-refractivity contribution in [3.63, 3.8) is 0 Å². The van der Waals surface area contributed by atoms with Gasteiger partial charge in [0.05, 0.1) is 0 Å². The fraction of sp³-hybridized carbons (Fsp3) is 0.938. The average Bonchev–Trinajstić information content (AvgIpc) is 2.36. The third kappa shape index (κ3) is 4.36. The van der Waals surface area contributed by atoms with Crippen molar-refractivity contribution in [3.8, 4) is 0 Å². The third-order valence-corrected chi connectivity index (χ3v) is 5.49. The molecule has 0 radical (unpaired) electrons. The molecule has 118 valence electrons. The maximum atomic E-state index is 12.2. The van der Waals surface area contributed by atoms with Gasteiger partial charge in [-0.3, -0.25) is 4.79 Å². The van der Waals surface area contributed by atoms with E-state index in [1.54, 1.807) is 0 Å². The Labute approximate surface area is 130 Å². The Morgan fingerprint density at radius 1 is 1.05 bits per heavy atom. The van der Waals surface area contributed by atoms with E-state index in [9.17, 15) is 4.79 Å². The van der Waals surface area contributed by atoms with Gasteiger partial charge < -0.3 is 10.6 Å². The number of hydrogen-bond donors (Lipinski definition) is 2. The number of carbonyl (C=O) groups is 1. The minimum absolute atomic E-state index is 0. The first-order valence-electron chi connectivity index (χ1n) is 8.10. The second kappa shape index (κ2) is 8.23. The SMILES string of the molecule is CC(NC(=O)C(C)C1CNC1)C(C)C1CCCCC1.Cl. The Hall–Kier alpha value is -0.280. The molecule has 0 aromatic rings. The molecule has 0 bridgehead atoms. The number of rotatable bonds is 5. The molecule has 1 saturated heterocycles. The van der Waals surface area contributed by atoms with Gasteiger partial charge in [0, 0.05) is 12.0 Å². The van der Waals surface area contributed by atoms with Gasteiger partial charge in [-0.05, 0) is 37.8 Å². The van der Waals surface area contributed by atoms with Crippen LogP contribution in [0.5, 0.6) is 0 Å². The van der Waals surface area contributed by atoms with E-state index < -0.39 is 0 Å². The largest absolute Gasteiger partial charge is 0.353 e. The minimum Gasteiger partial charge on any atom is -0.353 e. The Kier molecular flexibility index (Phi) is 7.32. The molecule has 0 aromatic carbocycles. The van der Waals surface area contributed by atoms with Crippen molar-refractivity contribution in [2.24, 2.45) is 23.7 Å². The van der Waals surface area contributed by atoms with Crippen molar-refractivity contribution >= 4 is 18.3 Å². The molecule has 3 nitrogen and oxygen atoms in total. The van der Waals surface area contributed by atoms with Crippen LogP contribution in [0, 0.1) is 23.7 Å². The standard InChI is InChI=1S/C16H30N2O.ClH/c1-11(14-7-5-4-6-8-14)13(3)18-16(19)12(2)15-9-17-10-15;/h11-15,17H,4-10H2,1-3H3,(H,18,19);1H. The zero-order chi connectivity index (χ0) is 13.8. The van der Waals surface area contributed by atoms with Gasteiger partial charge in [0.1, 0.15) is 0 Å². The first kappa shape index (κ1) is 17.8. The molecule has 1 saturated carbocycles. The molecule has 1 aliphatic carbocycles. The summed E-state index contributed by atoms with van der Waals surface area (Å²) in [4.78, 5) is 12.2. The lowest BCUT2D eigenvalue weighted by atomic mass is 9.78. The Bertz CT molecular complexity index is 301. The molecule has 1 amide bonds. The molecule has 2 aliphatic rings. The van der Waals surface area contributed by atoms with Gasteiger partial charge >= 0.3 is 0 Å². The van der Waals surface area contributed by atoms with Gasteiger partial charge in [0.15, 0.2) is 0 Å². The number of carbonyl (C=O) groups excluding carboxylic acids is 1. The molecule has 2 N–H and O–H groups in total. The van der Waals surface area contributed by atoms with E-state index in [2.05, 4.69) is 31.4 Å². The second-order valence-corrected chi connectivity index (χ2v) is 6.76. The highest BCUT2D eigenvalue weighted by Gasteiger charge is 2.31. The van der Waals surface area contributed by atoms with E-state index >= 15 is 0 Å². The van der Waals surface area contributed by atoms with Crippen LogP contribution in [0.3, 0.4) is 0 Å². The highest BCUT2D eigenvalue weighted by Crippen LogP contribution is 2.31. The van der Waals surface area contributed by atoms with Crippen LogP contribution in [0.4, 0.5) is 0 Å². The minimum atomic E-state index is 0. The number of hydrogen-bond acceptors (Lipinski definition) is 2. The van der Waals surface area contributed by atoms with E-state index in [0.717, 1.165) is 19.0 Å². The number of nitrogens with one attached hydrogen (secondary N) is 2. The predicted octanol–water partition coefficient (Wildman–Crippen LogP) is 2.98. The molecule has 2 fully saturated rings. The van der Waals surface area contributed by atoms with Crippen molar-refractivity contribution in [3.05, 3.63) is 0 Å². The summed E-state index contributed by atoms with van der Waals surface area (Å²) in [5.74, 6) is 2.36. The molecule has 0 spiro atoms. The van der Waals surface area contributed by atoms with Crippen LogP contribution in [0.1, 0.15) is 52.9 Å². The van der Waals surface area contributed by atoms with Gasteiger partial charge in [0.25, 0.3) is 0 Å². The molecule has 2 rings (SSSR count). The maximum absolute atomic E-state index is 12.2. The lowest BCUT2D eigenvalue weighted by Crippen LogP contribution is -2.51. The van der Waals surface area contributed by atoms with Gasteiger partial charge in [0.2, 0.25) is 5.91 Å². The molecule has 3 atom stereocenters. The molecular formula is C16H31ClN2O. The maximum Gasteiger partial charge on any atom is 0.223 e. The van der Waals surface area contributed by atoms with Crippen molar-refractivity contribution in [1.82, 2.24) is 10.6 Å². The van der Waals surface area contributed by atoms with Crippen LogP contribution in [-0.4, -0.2) is 25.0 Å². The molecule has 1 aliphatic heterocycles. The molecule has 0 aromatic heterocycles. The quantitative estimate of drug-likeness (QED) is 0.820. The lowest BCUT2D eigenvalue weighted by molar-refractivity contribution is -0.127. The van der Waals surface area contributed by atoms with Gasteiger partial charge in [-0.25, -0.2) is 0 Å². The average molecular weight is 303 g/mol. The fourth-order valence-electron chi connectivity index (χ4n) is 3.43. The van der Waals surface area contributed by atoms with Crippen molar-refractivity contribution < 1.29 is 4.79 Å². The molecule has 4 heteroatoms. The summed E-state index contributed by atoms with van der Waals surface area (Å²) in [6.07, 6.45) is 6.85. The summed E-state index contributed by atoms with van der Waals surface area (Å²) in [6.45, 7) is 8.57. The van der Waals surface area contributed by atoms with Crippen LogP contribution < -0.4 is 10.6 Å². The lowest BCUT2D eigenvalue weighted by Gasteiger charge is -2.35. The highest BCUT2D eigenvalue weighted by atomic mass is 35.5. The molecule has 1 heterocycles. The van der Waals surface area contributed by atoms with Crippen LogP contribution in [0.15, 0.2) is 0 Å². The zero-order valence-electron chi connectivity index (χ0n) is 13.2. The van der Waals surface area contributed by atoms with E-state index in [1.807, 2.05) is 0 Å². The molecule has 3 unspecified atom stereocenters. The molecular weight excluding hydrogens is 272 g/mol. The van der Waals surface area contributed by atoms with Crippen molar-refractivity contribution in [2.75, 3.05) is 13.1 Å². The second-order valence-electron chi connectivity index (χ2n) is 6.76. The summed E-state index contributed by atoms with van der Waals surface area (Å²) >= 11 is 0. The topological polar surface area (TPSA) is 41.1 Å². The van der Waals surface area contributed by atoms with E-state index in [0.29, 0.717) is 17.9 Å². The highest BCUT2D eigenvalue weighted by molar-refractivity contribution is 5.85. The Morgan fingerprint density at radius 3 is 2.15 bits per heavy atom. The van der Waals surface area contributed by atoms with Gasteiger partial charge in [-0.2, -0.15) is 0 Å². The van der Waals surface area contributed by atoms with E-state index in [4.69, 9.17) is 0 Å². The summed E-state index contributed by atoms with van der Waals surface area (Å²) in [6, 6.07) is 0.311. The van der Waals surface area contributed by atoms with Gasteiger partial charge in [-0.1, -0.05) is 46.0 Å². The predicted molar refractivity (Wildman–Crippen MR) is 86.1 cm³/mol. The van der Waals surface area contributed by atoms with Crippen LogP contribution in [-0.2, 0) is 4.79 Å². The van der Waals surface area contributed by atoms with Crippen molar-refractivity contribution in [1.29, 1.82) is 0 Å². The Morgan fingerprint density at radius 2 is 1.65 bits per heavy atom. The number of halogens is 1. The van der Waals surface area contributed by atoms with Crippen molar-refractivity contribution in [2.45, 2.75) is 58.9 Å². The molecule has 20 heavy (non-hydrogen) atoms. The summed E-state index contributed by atoms with van der Waals surface area (Å²) in [7, 11) is 0. The Balaban J connectivity index is 0.00000200. The fourth-order valence-corrected chi connectivity index (χ4v) is 3.43. The van der Waals surface area contributed by atoms with Crippen LogP contribution in [0.25, 0.3) is 0 Å². The van der Waals surface area contributed by atoms with Crippen LogP contribution in [0.2, 0.25) is 0 Å². The third-order valence-electron chi connectivity index (χ3n) is 5.49. The monoisotopic (exact) mass is 302 g/mol. The zero-order valence-corrected chi connectivity index (χ0v) is 14.0. The van der Waals surface area contributed by atoms with Gasteiger partial charge in [-0.15, -0.1) is 12.4 Å². The number of amides is 1. The first-order valence-corrected chi connectivity index (χ1v) is 8.10. The summed E-state index contributed by atoms with van der Waals surface area (Å²) in [5, 5.41) is 6.50. The smallest absolute Gasteiger partial charge is 0.223 e. The van der Waals surface area contributed by atoms with Crippen LogP contribution >= 0.6 is 12.4 Å². The summed E-state index contributed by atoms with van der Waals surface area (Å²) in [5.41, 5.74) is 0. The first-order chi connectivity index (χ1) is 9.09.